The molecule has 64 heavy (non-hydrogen) atoms. The number of nitrogen functional groups attached to an aromatic ring is 1. The Balaban J connectivity index is 1.21. The average molecular weight is 942 g/mol. The highest BCUT2D eigenvalue weighted by Crippen LogP contribution is 2.40. The number of nitrogens with one attached hydrogen (secondary N) is 1. The van der Waals surface area contributed by atoms with E-state index in [0.29, 0.717) is 5.39 Å². The summed E-state index contributed by atoms with van der Waals surface area (Å²) >= 11 is 0. The molecule has 0 amide bonds. The van der Waals surface area contributed by atoms with Crippen LogP contribution < -0.4 is 11.2 Å². The van der Waals surface area contributed by atoms with Gasteiger partial charge in [0.1, 0.15) is 9.80 Å². The number of benzene rings is 7. The molecular weight excluding hydrogens is 915 g/mol. The Kier molecular flexibility index (Phi) is 10.8. The molecule has 0 bridgehead atoms. The van der Waals surface area contributed by atoms with Crippen molar-refractivity contribution in [3.8, 4) is 0 Å². The molecule has 0 aliphatic heterocycles. The van der Waals surface area contributed by atoms with Crippen LogP contribution in [-0.2, 0) is 40.5 Å². The van der Waals surface area contributed by atoms with Crippen LogP contribution in [0.4, 0.5) is 34.1 Å². The fourth-order valence-electron chi connectivity index (χ4n) is 6.85. The van der Waals surface area contributed by atoms with Crippen molar-refractivity contribution in [1.29, 1.82) is 0 Å². The molecule has 0 heterocycles. The molecule has 0 saturated heterocycles. The van der Waals surface area contributed by atoms with Crippen LogP contribution in [0, 0.1) is 0 Å². The van der Waals surface area contributed by atoms with Crippen LogP contribution in [0.5, 0.6) is 0 Å². The molecular formula is C40H27N7O13S4. The Morgan fingerprint density at radius 2 is 0.984 bits per heavy atom. The van der Waals surface area contributed by atoms with Crippen LogP contribution >= 0.6 is 0 Å². The highest BCUT2D eigenvalue weighted by molar-refractivity contribution is 7.91. The third-order valence-corrected chi connectivity index (χ3v) is 13.3. The lowest BCUT2D eigenvalue weighted by Gasteiger charge is -2.17. The van der Waals surface area contributed by atoms with Crippen LogP contribution in [0.15, 0.2) is 160 Å². The monoisotopic (exact) mass is 941 g/mol. The Morgan fingerprint density at radius 3 is 1.55 bits per heavy atom. The number of carbonyl (C=O) groups excluding carboxylic acids is 1. The van der Waals surface area contributed by atoms with Gasteiger partial charge in [0.25, 0.3) is 40.5 Å². The summed E-state index contributed by atoms with van der Waals surface area (Å²) in [6.45, 7) is 0. The maximum atomic E-state index is 13.4. The predicted octanol–water partition coefficient (Wildman–Crippen LogP) is 8.19. The molecule has 7 aromatic carbocycles. The minimum Gasteiger partial charge on any atom is -0.399 e. The second-order valence-corrected chi connectivity index (χ2v) is 19.5. The molecule has 8 rings (SSSR count). The first-order chi connectivity index (χ1) is 30.1. The molecule has 7 aromatic rings. The highest BCUT2D eigenvalue weighted by Gasteiger charge is 2.33. The van der Waals surface area contributed by atoms with Gasteiger partial charge in [0.05, 0.1) is 38.2 Å². The largest absolute Gasteiger partial charge is 0.399 e. The normalized spacial score (nSPS) is 14.5. The summed E-state index contributed by atoms with van der Waals surface area (Å²) in [4.78, 5) is 11.2. The lowest BCUT2D eigenvalue weighted by molar-refractivity contribution is 0.106. The van der Waals surface area contributed by atoms with Crippen molar-refractivity contribution in [2.45, 2.75) is 14.7 Å². The van der Waals surface area contributed by atoms with E-state index in [2.05, 4.69) is 31.0 Å². The van der Waals surface area contributed by atoms with Gasteiger partial charge in [-0.05, 0) is 90.5 Å². The molecule has 24 heteroatoms. The Hall–Kier alpha value is -7.16. The molecule has 0 radical (unpaired) electrons. The minimum absolute atomic E-state index is 0.00386. The minimum atomic E-state index is -5.00. The van der Waals surface area contributed by atoms with Gasteiger partial charge in [0, 0.05) is 43.6 Å². The first-order valence-electron chi connectivity index (χ1n) is 18.0. The lowest BCUT2D eigenvalue weighted by Crippen LogP contribution is -2.27. The van der Waals surface area contributed by atoms with Crippen molar-refractivity contribution in [2.75, 3.05) is 11.2 Å². The summed E-state index contributed by atoms with van der Waals surface area (Å²) in [6.07, 6.45) is 1.03. The first-order valence-corrected chi connectivity index (χ1v) is 23.7. The number of carbonyl (C=O) groups is 1. The van der Waals surface area contributed by atoms with Gasteiger partial charge < -0.3 is 5.73 Å². The second-order valence-electron chi connectivity index (χ2n) is 13.8. The van der Waals surface area contributed by atoms with Gasteiger partial charge >= 0.3 is 0 Å². The topological polar surface area (TPSA) is 334 Å². The van der Waals surface area contributed by atoms with E-state index in [-0.39, 0.29) is 77.1 Å². The van der Waals surface area contributed by atoms with E-state index >= 15 is 0 Å². The van der Waals surface area contributed by atoms with Crippen molar-refractivity contribution in [3.63, 3.8) is 0 Å². The lowest BCUT2D eigenvalue weighted by atomic mass is 9.94. The van der Waals surface area contributed by atoms with Crippen molar-refractivity contribution in [2.24, 2.45) is 25.6 Å². The maximum Gasteiger partial charge on any atom is 0.296 e. The van der Waals surface area contributed by atoms with Crippen LogP contribution in [0.1, 0.15) is 15.9 Å². The van der Waals surface area contributed by atoms with E-state index in [9.17, 15) is 56.7 Å². The molecule has 0 atom stereocenters. The number of anilines is 2. The Labute approximate surface area is 362 Å². The SMILES string of the molecule is Nc1ccc2c(c1)C=C(S(=O)(=O)O)/C(=N\Nc1ccc(N=Nc3ccc(N=Nc4ccc(S(=O)(=O)O)c5ccccc45)c4cc(S(=O)(=O)O)ccc34)c3cc(S(=O)(=O)O)ccc13)C2=O. The number of allylic oxidation sites excluding steroid dienone is 1. The predicted molar refractivity (Wildman–Crippen MR) is 235 cm³/mol. The van der Waals surface area contributed by atoms with E-state index in [1.54, 1.807) is 18.2 Å². The third kappa shape index (κ3) is 8.49. The molecule has 0 fully saturated rings. The Bertz CT molecular complexity index is 3800. The van der Waals surface area contributed by atoms with Gasteiger partial charge in [-0.3, -0.25) is 28.4 Å². The van der Waals surface area contributed by atoms with Gasteiger partial charge in [-0.25, -0.2) is 0 Å². The smallest absolute Gasteiger partial charge is 0.296 e. The fourth-order valence-corrected chi connectivity index (χ4v) is 9.21. The van der Waals surface area contributed by atoms with Crippen LogP contribution in [0.25, 0.3) is 38.4 Å². The van der Waals surface area contributed by atoms with Gasteiger partial charge in [-0.15, -0.1) is 20.5 Å². The van der Waals surface area contributed by atoms with E-state index in [0.717, 1.165) is 36.4 Å². The number of hydrogen-bond donors (Lipinski definition) is 6. The molecule has 1 aliphatic rings. The second kappa shape index (κ2) is 15.9. The molecule has 1 aliphatic carbocycles. The number of nitrogens with two attached hydrogens (primary N) is 1. The molecule has 0 unspecified atom stereocenters. The van der Waals surface area contributed by atoms with Gasteiger partial charge in [-0.2, -0.15) is 38.8 Å². The van der Waals surface area contributed by atoms with Crippen molar-refractivity contribution < 1.29 is 56.7 Å². The van der Waals surface area contributed by atoms with Gasteiger partial charge in [0.2, 0.25) is 5.78 Å². The molecule has 0 saturated carbocycles. The van der Waals surface area contributed by atoms with Crippen LogP contribution in [0.2, 0.25) is 0 Å². The molecule has 324 valence electrons. The van der Waals surface area contributed by atoms with Crippen molar-refractivity contribution >= 4 is 124 Å². The summed E-state index contributed by atoms with van der Waals surface area (Å²) in [6, 6.07) is 25.3. The summed E-state index contributed by atoms with van der Waals surface area (Å²) in [5.41, 5.74) is 8.54. The van der Waals surface area contributed by atoms with Crippen molar-refractivity contribution in [1.82, 2.24) is 0 Å². The standard InChI is InChI=1S/C40H27N7O13S4/c41-22-5-8-25-21(17-22)18-38(64(58,59)60)39(40(25)48)47-46-33-12-14-36(31-20-24(62(52,53)54)7-10-28(31)33)44-42-32-11-13-35(30-19-23(61(49,50)51)6-9-27(30)32)45-43-34-15-16-37(63(55,56)57)29-4-2-1-3-26(29)34/h1-20,46H,41H2,(H,49,50,51)(H,52,53,54)(H,55,56,57)(H,58,59,60)/b44-42?,45-43?,47-39+. The third-order valence-electron chi connectivity index (χ3n) is 9.79. The van der Waals surface area contributed by atoms with E-state index in [1.807, 2.05) is 0 Å². The molecule has 20 nitrogen and oxygen atoms in total. The van der Waals surface area contributed by atoms with E-state index < -0.39 is 66.7 Å². The van der Waals surface area contributed by atoms with E-state index in [1.165, 1.54) is 66.7 Å². The van der Waals surface area contributed by atoms with Crippen LogP contribution in [-0.4, -0.2) is 63.4 Å². The molecule has 7 N–H and O–H groups in total. The number of ketones is 1. The van der Waals surface area contributed by atoms with Crippen molar-refractivity contribution in [3.05, 3.63) is 131 Å². The zero-order chi connectivity index (χ0) is 45.9. The summed E-state index contributed by atoms with van der Waals surface area (Å²) < 4.78 is 137. The summed E-state index contributed by atoms with van der Waals surface area (Å²) in [5.74, 6) is -0.868. The number of azo groups is 2. The van der Waals surface area contributed by atoms with Crippen LogP contribution in [0.3, 0.4) is 0 Å². The summed E-state index contributed by atoms with van der Waals surface area (Å²) in [7, 11) is -19.1. The number of hydrogen-bond acceptors (Lipinski definition) is 16. The first kappa shape index (κ1) is 43.5. The molecule has 0 spiro atoms. The number of hydrazone groups is 1. The Morgan fingerprint density at radius 1 is 0.484 bits per heavy atom. The average Bonchev–Trinajstić information content (AvgIpc) is 3.22. The zero-order valence-corrected chi connectivity index (χ0v) is 35.2. The fraction of sp³-hybridized carbons (Fsp3) is 0. The number of fused-ring (bicyclic) bond motifs is 4. The van der Waals surface area contributed by atoms with E-state index in [4.69, 9.17) is 5.73 Å². The zero-order valence-electron chi connectivity index (χ0n) is 32.0. The van der Waals surface area contributed by atoms with Gasteiger partial charge in [-0.1, -0.05) is 36.4 Å². The summed E-state index contributed by atoms with van der Waals surface area (Å²) in [5, 5.41) is 22.3. The maximum absolute atomic E-state index is 13.4. The van der Waals surface area contributed by atoms with Gasteiger partial charge in [0.15, 0.2) is 5.71 Å². The number of Topliss-reactive ketones (excluding diaryl/α,β-unsaturated/α-hetero) is 1. The number of nitrogens with zero attached hydrogens (tertiary/aromatic N) is 5. The highest BCUT2D eigenvalue weighted by atomic mass is 32.2. The molecule has 0 aromatic heterocycles. The quantitative estimate of drug-likeness (QED) is 0.0326. The number of rotatable bonds is 10.